The van der Waals surface area contributed by atoms with Crippen LogP contribution in [0.15, 0.2) is 77.7 Å². The molecule has 202 valence electrons. The van der Waals surface area contributed by atoms with Gasteiger partial charge in [0.1, 0.15) is 12.6 Å². The van der Waals surface area contributed by atoms with E-state index in [1.54, 1.807) is 31.2 Å². The fourth-order valence-corrected chi connectivity index (χ4v) is 5.77. The summed E-state index contributed by atoms with van der Waals surface area (Å²) in [5.74, 6) is -0.921. The van der Waals surface area contributed by atoms with E-state index in [1.807, 2.05) is 45.0 Å². The van der Waals surface area contributed by atoms with Gasteiger partial charge >= 0.3 is 0 Å². The maximum absolute atomic E-state index is 13.9. The molecule has 3 aromatic rings. The third-order valence-corrected chi connectivity index (χ3v) is 8.59. The van der Waals surface area contributed by atoms with Crippen LogP contribution in [0.5, 0.6) is 0 Å². The largest absolute Gasteiger partial charge is 0.352 e. The Morgan fingerprint density at radius 3 is 2.16 bits per heavy atom. The third kappa shape index (κ3) is 6.87. The molecule has 0 unspecified atom stereocenters. The van der Waals surface area contributed by atoms with Gasteiger partial charge in [0.15, 0.2) is 0 Å². The summed E-state index contributed by atoms with van der Waals surface area (Å²) in [5, 5.41) is 2.98. The Bertz CT molecular complexity index is 1400. The molecule has 0 spiro atoms. The second kappa shape index (κ2) is 12.7. The van der Waals surface area contributed by atoms with Crippen molar-refractivity contribution in [1.29, 1.82) is 0 Å². The summed E-state index contributed by atoms with van der Waals surface area (Å²) in [5.41, 5.74) is 1.84. The number of carbonyl (C=O) groups excluding carboxylic acids is 2. The van der Waals surface area contributed by atoms with Gasteiger partial charge in [-0.2, -0.15) is 0 Å². The van der Waals surface area contributed by atoms with Gasteiger partial charge in [-0.05, 0) is 63.1 Å². The SMILES string of the molecule is Cc1ccccc1CN(C(=O)CN(c1cccc(Cl)c1Cl)S(=O)(=O)c1ccccc1)[C@H](C)C(=O)NC(C)C. The lowest BCUT2D eigenvalue weighted by Gasteiger charge is -2.33. The van der Waals surface area contributed by atoms with Crippen LogP contribution in [-0.2, 0) is 26.2 Å². The highest BCUT2D eigenvalue weighted by Crippen LogP contribution is 2.35. The normalized spacial score (nSPS) is 12.2. The number of sulfonamides is 1. The van der Waals surface area contributed by atoms with Gasteiger partial charge in [0.2, 0.25) is 11.8 Å². The number of nitrogens with one attached hydrogen (secondary N) is 1. The summed E-state index contributed by atoms with van der Waals surface area (Å²) < 4.78 is 28.5. The Kier molecular flexibility index (Phi) is 9.82. The molecule has 0 radical (unpaired) electrons. The first-order chi connectivity index (χ1) is 17.9. The fourth-order valence-electron chi connectivity index (χ4n) is 3.88. The van der Waals surface area contributed by atoms with Gasteiger partial charge in [-0.1, -0.05) is 71.7 Å². The highest BCUT2D eigenvalue weighted by atomic mass is 35.5. The van der Waals surface area contributed by atoms with Crippen LogP contribution >= 0.6 is 23.2 Å². The Morgan fingerprint density at radius 2 is 1.53 bits per heavy atom. The second-order valence-electron chi connectivity index (χ2n) is 9.19. The third-order valence-electron chi connectivity index (χ3n) is 6.01. The molecule has 2 amide bonds. The number of anilines is 1. The van der Waals surface area contributed by atoms with Crippen LogP contribution in [0, 0.1) is 6.92 Å². The van der Waals surface area contributed by atoms with E-state index in [4.69, 9.17) is 23.2 Å². The Hall–Kier alpha value is -3.07. The molecule has 0 aliphatic carbocycles. The predicted octanol–water partition coefficient (Wildman–Crippen LogP) is 5.44. The lowest BCUT2D eigenvalue weighted by Crippen LogP contribution is -2.52. The quantitative estimate of drug-likeness (QED) is 0.348. The molecule has 0 saturated carbocycles. The molecule has 0 heterocycles. The Balaban J connectivity index is 2.08. The molecule has 3 aromatic carbocycles. The van der Waals surface area contributed by atoms with Gasteiger partial charge in [0.05, 0.1) is 20.6 Å². The molecule has 10 heteroatoms. The lowest BCUT2D eigenvalue weighted by molar-refractivity contribution is -0.139. The molecule has 0 aromatic heterocycles. The number of benzene rings is 3. The predicted molar refractivity (Wildman–Crippen MR) is 152 cm³/mol. The van der Waals surface area contributed by atoms with E-state index in [0.29, 0.717) is 0 Å². The van der Waals surface area contributed by atoms with Crippen molar-refractivity contribution in [3.05, 3.63) is 94.0 Å². The first-order valence-electron chi connectivity index (χ1n) is 12.1. The summed E-state index contributed by atoms with van der Waals surface area (Å²) in [7, 11) is -4.23. The Labute approximate surface area is 234 Å². The minimum Gasteiger partial charge on any atom is -0.352 e. The number of aryl methyl sites for hydroxylation is 1. The Morgan fingerprint density at radius 1 is 0.895 bits per heavy atom. The molecule has 38 heavy (non-hydrogen) atoms. The first kappa shape index (κ1) is 29.5. The minimum absolute atomic E-state index is 0.00229. The van der Waals surface area contributed by atoms with Crippen molar-refractivity contribution in [2.75, 3.05) is 10.8 Å². The number of halogens is 2. The van der Waals surface area contributed by atoms with E-state index < -0.39 is 28.5 Å². The number of hydrogen-bond acceptors (Lipinski definition) is 4. The van der Waals surface area contributed by atoms with Gasteiger partial charge in [-0.3, -0.25) is 13.9 Å². The molecule has 7 nitrogen and oxygen atoms in total. The van der Waals surface area contributed by atoms with Crippen molar-refractivity contribution in [3.8, 4) is 0 Å². The molecule has 1 N–H and O–H groups in total. The number of rotatable bonds is 10. The molecular formula is C28H31Cl2N3O4S. The molecule has 0 aliphatic heterocycles. The smallest absolute Gasteiger partial charge is 0.264 e. The van der Waals surface area contributed by atoms with Gasteiger partial charge in [-0.25, -0.2) is 8.42 Å². The van der Waals surface area contributed by atoms with Crippen LogP contribution in [0.1, 0.15) is 31.9 Å². The summed E-state index contributed by atoms with van der Waals surface area (Å²) in [6.45, 7) is 6.70. The van der Waals surface area contributed by atoms with Crippen LogP contribution in [0.2, 0.25) is 10.0 Å². The van der Waals surface area contributed by atoms with Gasteiger partial charge < -0.3 is 10.2 Å². The van der Waals surface area contributed by atoms with Crippen molar-refractivity contribution < 1.29 is 18.0 Å². The summed E-state index contributed by atoms with van der Waals surface area (Å²) in [6.07, 6.45) is 0. The van der Waals surface area contributed by atoms with Crippen LogP contribution < -0.4 is 9.62 Å². The van der Waals surface area contributed by atoms with E-state index in [2.05, 4.69) is 5.32 Å². The zero-order valence-corrected chi connectivity index (χ0v) is 24.0. The highest BCUT2D eigenvalue weighted by Gasteiger charge is 2.33. The average Bonchev–Trinajstić information content (AvgIpc) is 2.88. The van der Waals surface area contributed by atoms with Crippen molar-refractivity contribution in [2.24, 2.45) is 0 Å². The van der Waals surface area contributed by atoms with Gasteiger partial charge in [0.25, 0.3) is 10.0 Å². The number of carbonyl (C=O) groups is 2. The van der Waals surface area contributed by atoms with Crippen LogP contribution in [0.3, 0.4) is 0 Å². The van der Waals surface area contributed by atoms with Crippen LogP contribution in [0.4, 0.5) is 5.69 Å². The lowest BCUT2D eigenvalue weighted by atomic mass is 10.1. The molecule has 0 saturated heterocycles. The number of hydrogen-bond donors (Lipinski definition) is 1. The van der Waals surface area contributed by atoms with E-state index in [1.165, 1.54) is 29.2 Å². The zero-order valence-electron chi connectivity index (χ0n) is 21.7. The van der Waals surface area contributed by atoms with Crippen molar-refractivity contribution in [1.82, 2.24) is 10.2 Å². The molecule has 0 bridgehead atoms. The standard InChI is InChI=1S/C28H31Cl2N3O4S/c1-19(2)31-28(35)21(4)32(17-22-12-9-8-11-20(22)3)26(34)18-33(25-16-10-15-24(29)27(25)30)38(36,37)23-13-6-5-7-14-23/h5-16,19,21H,17-18H2,1-4H3,(H,31,35)/t21-/m1/s1. The molecule has 0 fully saturated rings. The summed E-state index contributed by atoms with van der Waals surface area (Å²) in [4.78, 5) is 28.3. The van der Waals surface area contributed by atoms with Crippen molar-refractivity contribution in [3.63, 3.8) is 0 Å². The average molecular weight is 577 g/mol. The molecular weight excluding hydrogens is 545 g/mol. The maximum Gasteiger partial charge on any atom is 0.264 e. The van der Waals surface area contributed by atoms with Crippen molar-refractivity contribution in [2.45, 2.75) is 51.2 Å². The monoisotopic (exact) mass is 575 g/mol. The maximum atomic E-state index is 13.9. The number of nitrogens with zero attached hydrogens (tertiary/aromatic N) is 2. The van der Waals surface area contributed by atoms with E-state index in [-0.39, 0.29) is 39.1 Å². The topological polar surface area (TPSA) is 86.8 Å². The van der Waals surface area contributed by atoms with E-state index in [0.717, 1.165) is 15.4 Å². The minimum atomic E-state index is -4.23. The molecule has 3 rings (SSSR count). The first-order valence-corrected chi connectivity index (χ1v) is 14.3. The summed E-state index contributed by atoms with van der Waals surface area (Å²) in [6, 6.07) is 18.8. The zero-order chi connectivity index (χ0) is 28.0. The van der Waals surface area contributed by atoms with Crippen LogP contribution in [-0.4, -0.2) is 43.8 Å². The van der Waals surface area contributed by atoms with E-state index in [9.17, 15) is 18.0 Å². The van der Waals surface area contributed by atoms with E-state index >= 15 is 0 Å². The molecule has 1 atom stereocenters. The summed E-state index contributed by atoms with van der Waals surface area (Å²) >= 11 is 12.7. The van der Waals surface area contributed by atoms with Gasteiger partial charge in [-0.15, -0.1) is 0 Å². The fraction of sp³-hybridized carbons (Fsp3) is 0.286. The van der Waals surface area contributed by atoms with Crippen molar-refractivity contribution >= 4 is 50.7 Å². The van der Waals surface area contributed by atoms with Gasteiger partial charge in [0, 0.05) is 12.6 Å². The van der Waals surface area contributed by atoms with Crippen LogP contribution in [0.25, 0.3) is 0 Å². The molecule has 0 aliphatic rings. The number of amides is 2. The second-order valence-corrected chi connectivity index (χ2v) is 11.8. The highest BCUT2D eigenvalue weighted by molar-refractivity contribution is 7.92.